The molecule has 1 fully saturated rings. The number of halogens is 1. The molecule has 2 N–H and O–H groups in total. The monoisotopic (exact) mass is 394 g/mol. The van der Waals surface area contributed by atoms with Gasteiger partial charge in [-0.05, 0) is 18.2 Å². The third-order valence-corrected chi connectivity index (χ3v) is 5.34. The quantitative estimate of drug-likeness (QED) is 0.706. The number of anilines is 2. The van der Waals surface area contributed by atoms with Crippen molar-refractivity contribution >= 4 is 44.9 Å². The van der Waals surface area contributed by atoms with Crippen molar-refractivity contribution in [3.8, 4) is 0 Å². The smallest absolute Gasteiger partial charge is 0.295 e. The van der Waals surface area contributed by atoms with E-state index in [2.05, 4.69) is 19.9 Å². The van der Waals surface area contributed by atoms with Crippen molar-refractivity contribution < 1.29 is 12.8 Å². The topological polar surface area (TPSA) is 87.5 Å². The Bertz CT molecular complexity index is 986. The summed E-state index contributed by atoms with van der Waals surface area (Å²) in [6.07, 6.45) is 1.64. The molecule has 26 heavy (non-hydrogen) atoms. The van der Waals surface area contributed by atoms with E-state index < -0.39 is 10.0 Å². The standard InChI is InChI=1S/C17H18N4O3S.ClH/c22-25(23,20-13-4-2-1-3-5-13)16-12-14-15(24-16)6-7-19-17(14)21-10-8-18-9-11-21;/h1-7,12,18,20H,8-11H2;1H. The summed E-state index contributed by atoms with van der Waals surface area (Å²) in [6, 6.07) is 12.0. The minimum Gasteiger partial charge on any atom is -0.443 e. The molecular weight excluding hydrogens is 376 g/mol. The van der Waals surface area contributed by atoms with Crippen LogP contribution >= 0.6 is 12.4 Å². The van der Waals surface area contributed by atoms with Crippen LogP contribution in [0.3, 0.4) is 0 Å². The largest absolute Gasteiger partial charge is 0.443 e. The fourth-order valence-electron chi connectivity index (χ4n) is 2.90. The molecule has 1 saturated heterocycles. The summed E-state index contributed by atoms with van der Waals surface area (Å²) in [5.41, 5.74) is 1.00. The molecular formula is C17H19ClN4O3S. The third-order valence-electron chi connectivity index (χ3n) is 4.11. The number of pyridine rings is 1. The zero-order valence-electron chi connectivity index (χ0n) is 13.9. The molecule has 3 aromatic rings. The minimum atomic E-state index is -3.80. The van der Waals surface area contributed by atoms with Crippen LogP contribution in [0.5, 0.6) is 0 Å². The highest BCUT2D eigenvalue weighted by molar-refractivity contribution is 7.92. The van der Waals surface area contributed by atoms with E-state index in [0.717, 1.165) is 32.0 Å². The molecule has 0 aliphatic carbocycles. The van der Waals surface area contributed by atoms with E-state index in [4.69, 9.17) is 4.42 Å². The van der Waals surface area contributed by atoms with Gasteiger partial charge < -0.3 is 14.6 Å². The Balaban J connectivity index is 0.00000196. The van der Waals surface area contributed by atoms with Crippen molar-refractivity contribution in [2.45, 2.75) is 5.09 Å². The highest BCUT2D eigenvalue weighted by atomic mass is 35.5. The van der Waals surface area contributed by atoms with Gasteiger partial charge in [0, 0.05) is 44.1 Å². The summed E-state index contributed by atoms with van der Waals surface area (Å²) >= 11 is 0. The summed E-state index contributed by atoms with van der Waals surface area (Å²) in [5.74, 6) is 0.754. The predicted octanol–water partition coefficient (Wildman–Crippen LogP) is 2.46. The second-order valence-corrected chi connectivity index (χ2v) is 7.43. The lowest BCUT2D eigenvalue weighted by Crippen LogP contribution is -2.43. The third kappa shape index (κ3) is 3.62. The zero-order valence-corrected chi connectivity index (χ0v) is 15.5. The summed E-state index contributed by atoms with van der Waals surface area (Å²) in [6.45, 7) is 3.39. The molecule has 1 aliphatic heterocycles. The van der Waals surface area contributed by atoms with Crippen molar-refractivity contribution in [2.75, 3.05) is 35.8 Å². The molecule has 0 radical (unpaired) electrons. The minimum absolute atomic E-state index is 0. The molecule has 3 heterocycles. The number of sulfonamides is 1. The van der Waals surface area contributed by atoms with Gasteiger partial charge in [-0.2, -0.15) is 8.42 Å². The second-order valence-electron chi connectivity index (χ2n) is 5.82. The van der Waals surface area contributed by atoms with Crippen molar-refractivity contribution in [3.05, 3.63) is 48.7 Å². The number of nitrogens with zero attached hydrogens (tertiary/aromatic N) is 2. The second kappa shape index (κ2) is 7.53. The number of rotatable bonds is 4. The first-order valence-electron chi connectivity index (χ1n) is 8.05. The van der Waals surface area contributed by atoms with E-state index in [1.165, 1.54) is 0 Å². The van der Waals surface area contributed by atoms with Gasteiger partial charge in [0.1, 0.15) is 11.4 Å². The summed E-state index contributed by atoms with van der Waals surface area (Å²) < 4.78 is 33.4. The van der Waals surface area contributed by atoms with E-state index in [0.29, 0.717) is 16.7 Å². The number of nitrogens with one attached hydrogen (secondary N) is 2. The molecule has 1 aliphatic rings. The number of fused-ring (bicyclic) bond motifs is 1. The first-order chi connectivity index (χ1) is 12.1. The van der Waals surface area contributed by atoms with Gasteiger partial charge in [0.2, 0.25) is 5.09 Å². The molecule has 4 rings (SSSR count). The first-order valence-corrected chi connectivity index (χ1v) is 9.54. The fraction of sp³-hybridized carbons (Fsp3) is 0.235. The highest BCUT2D eigenvalue weighted by Crippen LogP contribution is 2.30. The average molecular weight is 395 g/mol. The lowest BCUT2D eigenvalue weighted by molar-refractivity contribution is 0.484. The SMILES string of the molecule is Cl.O=S(=O)(Nc1ccccc1)c1cc2c(N3CCNCC3)nccc2o1. The number of hydrogen-bond acceptors (Lipinski definition) is 6. The van der Waals surface area contributed by atoms with Crippen LogP contribution in [0.2, 0.25) is 0 Å². The van der Waals surface area contributed by atoms with Crippen LogP contribution in [0.25, 0.3) is 11.0 Å². The summed E-state index contributed by atoms with van der Waals surface area (Å²) in [5, 5.41) is 3.88. The lowest BCUT2D eigenvalue weighted by atomic mass is 10.2. The number of piperazine rings is 1. The van der Waals surface area contributed by atoms with Crippen molar-refractivity contribution in [1.82, 2.24) is 10.3 Å². The maximum Gasteiger partial charge on any atom is 0.295 e. The Kier molecular flexibility index (Phi) is 5.36. The van der Waals surface area contributed by atoms with Crippen LogP contribution < -0.4 is 14.9 Å². The molecule has 7 nitrogen and oxygen atoms in total. The molecule has 0 unspecified atom stereocenters. The molecule has 2 aromatic heterocycles. The highest BCUT2D eigenvalue weighted by Gasteiger charge is 2.23. The summed E-state index contributed by atoms with van der Waals surface area (Å²) in [4.78, 5) is 6.57. The molecule has 138 valence electrons. The van der Waals surface area contributed by atoms with Crippen molar-refractivity contribution in [1.29, 1.82) is 0 Å². The Morgan fingerprint density at radius 2 is 1.85 bits per heavy atom. The Morgan fingerprint density at radius 3 is 2.58 bits per heavy atom. The first kappa shape index (κ1) is 18.5. The van der Waals surface area contributed by atoms with Gasteiger partial charge in [0.15, 0.2) is 0 Å². The molecule has 9 heteroatoms. The van der Waals surface area contributed by atoms with E-state index >= 15 is 0 Å². The molecule has 0 spiro atoms. The van der Waals surface area contributed by atoms with Gasteiger partial charge in [-0.3, -0.25) is 4.72 Å². The number of hydrogen-bond donors (Lipinski definition) is 2. The van der Waals surface area contributed by atoms with Gasteiger partial charge in [0.05, 0.1) is 5.39 Å². The van der Waals surface area contributed by atoms with Crippen LogP contribution in [-0.2, 0) is 10.0 Å². The normalized spacial score (nSPS) is 14.8. The molecule has 0 bridgehead atoms. The zero-order chi connectivity index (χ0) is 17.3. The van der Waals surface area contributed by atoms with Crippen molar-refractivity contribution in [3.63, 3.8) is 0 Å². The predicted molar refractivity (Wildman–Crippen MR) is 104 cm³/mol. The molecule has 0 saturated carbocycles. The van der Waals surface area contributed by atoms with E-state index in [9.17, 15) is 8.42 Å². The van der Waals surface area contributed by atoms with Crippen LogP contribution in [-0.4, -0.2) is 39.6 Å². The molecule has 0 atom stereocenters. The van der Waals surface area contributed by atoms with Gasteiger partial charge in [-0.15, -0.1) is 12.4 Å². The molecule has 1 aromatic carbocycles. The van der Waals surface area contributed by atoms with E-state index in [-0.39, 0.29) is 17.5 Å². The van der Waals surface area contributed by atoms with Crippen LogP contribution in [0.15, 0.2) is 58.2 Å². The lowest BCUT2D eigenvalue weighted by Gasteiger charge is -2.28. The fourth-order valence-corrected chi connectivity index (χ4v) is 3.92. The van der Waals surface area contributed by atoms with Crippen LogP contribution in [0.1, 0.15) is 0 Å². The molecule has 0 amide bonds. The van der Waals surface area contributed by atoms with E-state index in [1.807, 2.05) is 6.07 Å². The number of aromatic nitrogens is 1. The van der Waals surface area contributed by atoms with Gasteiger partial charge in [0.25, 0.3) is 10.0 Å². The number of furan rings is 1. The van der Waals surface area contributed by atoms with Crippen LogP contribution in [0, 0.1) is 0 Å². The van der Waals surface area contributed by atoms with Gasteiger partial charge in [-0.25, -0.2) is 4.98 Å². The maximum atomic E-state index is 12.6. The summed E-state index contributed by atoms with van der Waals surface area (Å²) in [7, 11) is -3.80. The van der Waals surface area contributed by atoms with Crippen LogP contribution in [0.4, 0.5) is 11.5 Å². The average Bonchev–Trinajstić information content (AvgIpc) is 3.08. The Labute approximate surface area is 157 Å². The van der Waals surface area contributed by atoms with Gasteiger partial charge >= 0.3 is 0 Å². The van der Waals surface area contributed by atoms with Crippen molar-refractivity contribution in [2.24, 2.45) is 0 Å². The Hall–Kier alpha value is -2.29. The van der Waals surface area contributed by atoms with E-state index in [1.54, 1.807) is 42.6 Å². The maximum absolute atomic E-state index is 12.6. The number of para-hydroxylation sites is 1. The Morgan fingerprint density at radius 1 is 1.12 bits per heavy atom. The van der Waals surface area contributed by atoms with Gasteiger partial charge in [-0.1, -0.05) is 18.2 Å². The number of benzene rings is 1.